The predicted molar refractivity (Wildman–Crippen MR) is 264 cm³/mol. The fraction of sp³-hybridized carbons (Fsp3) is 0. The number of aromatic nitrogens is 1. The molecule has 13 aromatic rings. The molecule has 0 atom stereocenters. The molecule has 10 aromatic carbocycles. The number of benzene rings is 10. The quantitative estimate of drug-likeness (QED) is 0.167. The lowest BCUT2D eigenvalue weighted by atomic mass is 9.96. The molecule has 0 unspecified atom stereocenters. The monoisotopic (exact) mass is 808 g/mol. The third-order valence-corrected chi connectivity index (χ3v) is 13.8. The van der Waals surface area contributed by atoms with Gasteiger partial charge in [-0.25, -0.2) is 0 Å². The summed E-state index contributed by atoms with van der Waals surface area (Å²) in [7, 11) is 0. The van der Waals surface area contributed by atoms with Gasteiger partial charge in [0.15, 0.2) is 0 Å². The van der Waals surface area contributed by atoms with Gasteiger partial charge in [-0.3, -0.25) is 0 Å². The Balaban J connectivity index is 1.03. The van der Waals surface area contributed by atoms with Crippen molar-refractivity contribution in [2.75, 3.05) is 4.90 Å². The minimum atomic E-state index is 0.877. The van der Waals surface area contributed by atoms with Crippen LogP contribution < -0.4 is 4.90 Å². The van der Waals surface area contributed by atoms with Crippen molar-refractivity contribution in [2.24, 2.45) is 0 Å². The summed E-state index contributed by atoms with van der Waals surface area (Å²) < 4.78 is 11.6. The average molecular weight is 809 g/mol. The summed E-state index contributed by atoms with van der Waals surface area (Å²) >= 11 is 1.87. The van der Waals surface area contributed by atoms with Crippen LogP contribution in [-0.2, 0) is 0 Å². The van der Waals surface area contributed by atoms with Crippen molar-refractivity contribution in [1.82, 2.24) is 4.57 Å². The van der Waals surface area contributed by atoms with Crippen LogP contribution in [0.5, 0.6) is 0 Å². The summed E-state index contributed by atoms with van der Waals surface area (Å²) in [6, 6.07) is 79.2. The van der Waals surface area contributed by atoms with Crippen molar-refractivity contribution in [2.45, 2.75) is 0 Å². The van der Waals surface area contributed by atoms with Crippen molar-refractivity contribution in [3.8, 4) is 27.9 Å². The number of hydrogen-bond donors (Lipinski definition) is 0. The van der Waals surface area contributed by atoms with Crippen LogP contribution in [0.25, 0.3) is 103 Å². The first-order valence-electron chi connectivity index (χ1n) is 21.1. The smallest absolute Gasteiger partial charge is 0.136 e. The lowest BCUT2D eigenvalue weighted by molar-refractivity contribution is 0.669. The second kappa shape index (κ2) is 13.8. The van der Waals surface area contributed by atoms with Crippen LogP contribution in [0.2, 0.25) is 0 Å². The Bertz CT molecular complexity index is 3830. The van der Waals surface area contributed by atoms with Gasteiger partial charge in [0.2, 0.25) is 0 Å². The summed E-state index contributed by atoms with van der Waals surface area (Å²) in [4.78, 5) is 2.42. The molecular weight excluding hydrogens is 773 g/mol. The molecule has 3 heterocycles. The van der Waals surface area contributed by atoms with Crippen LogP contribution in [0.15, 0.2) is 223 Å². The number of rotatable bonds is 6. The fourth-order valence-electron chi connectivity index (χ4n) is 9.80. The van der Waals surface area contributed by atoms with E-state index >= 15 is 0 Å². The molecule has 0 aliphatic rings. The second-order valence-corrected chi connectivity index (χ2v) is 17.1. The predicted octanol–water partition coefficient (Wildman–Crippen LogP) is 17.0. The highest BCUT2D eigenvalue weighted by molar-refractivity contribution is 7.26. The zero-order valence-electron chi connectivity index (χ0n) is 33.5. The highest BCUT2D eigenvalue weighted by Gasteiger charge is 2.22. The molecule has 0 aliphatic carbocycles. The van der Waals surface area contributed by atoms with Crippen LogP contribution in [0, 0.1) is 0 Å². The number of hydrogen-bond acceptors (Lipinski definition) is 3. The third-order valence-electron chi connectivity index (χ3n) is 12.6. The first kappa shape index (κ1) is 34.9. The van der Waals surface area contributed by atoms with E-state index < -0.39 is 0 Å². The summed E-state index contributed by atoms with van der Waals surface area (Å²) in [6.07, 6.45) is 0. The molecule has 0 aliphatic heterocycles. The molecule has 0 radical (unpaired) electrons. The molecule has 0 bridgehead atoms. The molecule has 0 fully saturated rings. The van der Waals surface area contributed by atoms with Crippen molar-refractivity contribution >= 4 is 103 Å². The van der Waals surface area contributed by atoms with Crippen molar-refractivity contribution in [3.63, 3.8) is 0 Å². The zero-order chi connectivity index (χ0) is 40.7. The van der Waals surface area contributed by atoms with E-state index in [0.29, 0.717) is 0 Å². The largest absolute Gasteiger partial charge is 0.456 e. The van der Waals surface area contributed by atoms with Gasteiger partial charge in [0.25, 0.3) is 0 Å². The zero-order valence-corrected chi connectivity index (χ0v) is 34.3. The maximum atomic E-state index is 6.61. The van der Waals surface area contributed by atoms with E-state index in [2.05, 4.69) is 228 Å². The minimum Gasteiger partial charge on any atom is -0.456 e. The van der Waals surface area contributed by atoms with E-state index in [1.807, 2.05) is 11.3 Å². The SMILES string of the molecule is c1cc(N(c2ccc(-c3cccc4c3sc3ccccc34)cc2)c2ccccc2-c2cccc3oc4cc5ccccc5cc4c23)cc(-n2c3ccccc3c3ccccc32)c1. The Labute approximate surface area is 361 Å². The van der Waals surface area contributed by atoms with E-state index in [0.717, 1.165) is 55.8 Å². The maximum absolute atomic E-state index is 6.61. The first-order valence-corrected chi connectivity index (χ1v) is 21.9. The first-order chi connectivity index (χ1) is 30.7. The standard InChI is InChI=1S/C58H36N2OS/c1-2-15-39-35-55-50(34-38(39)14-1)57-48(23-13-28-54(57)61-55)46-20-5-7-25-51(46)59(40-32-30-37(31-33-40)43-22-12-24-49-47-21-6-10-29-56(47)62-58(43)49)41-16-11-17-42(36-41)60-52-26-8-3-18-44(52)45-19-4-9-27-53(45)60/h1-36H. The van der Waals surface area contributed by atoms with Gasteiger partial charge in [-0.2, -0.15) is 0 Å². The number of para-hydroxylation sites is 3. The van der Waals surface area contributed by atoms with Crippen LogP contribution in [0.1, 0.15) is 0 Å². The van der Waals surface area contributed by atoms with Crippen molar-refractivity contribution in [3.05, 3.63) is 218 Å². The molecule has 290 valence electrons. The summed E-state index contributed by atoms with van der Waals surface area (Å²) in [6.45, 7) is 0. The van der Waals surface area contributed by atoms with Crippen molar-refractivity contribution < 1.29 is 4.42 Å². The van der Waals surface area contributed by atoms with Crippen molar-refractivity contribution in [1.29, 1.82) is 0 Å². The van der Waals surface area contributed by atoms with Crippen LogP contribution in [-0.4, -0.2) is 4.57 Å². The van der Waals surface area contributed by atoms with E-state index in [1.165, 1.54) is 63.9 Å². The molecular formula is C58H36N2OS. The Hall–Kier alpha value is -7.92. The van der Waals surface area contributed by atoms with Gasteiger partial charge in [-0.15, -0.1) is 11.3 Å². The molecule has 0 N–H and O–H groups in total. The van der Waals surface area contributed by atoms with Crippen LogP contribution in [0.4, 0.5) is 17.1 Å². The number of anilines is 3. The lowest BCUT2D eigenvalue weighted by Gasteiger charge is -2.29. The Morgan fingerprint density at radius 3 is 1.85 bits per heavy atom. The van der Waals surface area contributed by atoms with Crippen LogP contribution >= 0.6 is 11.3 Å². The molecule has 3 aromatic heterocycles. The minimum absolute atomic E-state index is 0.877. The van der Waals surface area contributed by atoms with Gasteiger partial charge >= 0.3 is 0 Å². The van der Waals surface area contributed by atoms with Gasteiger partial charge in [-0.05, 0) is 100 Å². The van der Waals surface area contributed by atoms with E-state index in [9.17, 15) is 0 Å². The Morgan fingerprint density at radius 2 is 1.03 bits per heavy atom. The molecule has 0 saturated carbocycles. The van der Waals surface area contributed by atoms with Gasteiger partial charge in [0.1, 0.15) is 11.2 Å². The number of nitrogens with zero attached hydrogens (tertiary/aromatic N) is 2. The summed E-state index contributed by atoms with van der Waals surface area (Å²) in [5, 5.41) is 9.70. The summed E-state index contributed by atoms with van der Waals surface area (Å²) in [5.41, 5.74) is 13.1. The fourth-order valence-corrected chi connectivity index (χ4v) is 11.0. The van der Waals surface area contributed by atoms with Crippen LogP contribution in [0.3, 0.4) is 0 Å². The normalized spacial score (nSPS) is 11.9. The molecule has 4 heteroatoms. The Kier molecular flexibility index (Phi) is 7.78. The van der Waals surface area contributed by atoms with E-state index in [1.54, 1.807) is 0 Å². The topological polar surface area (TPSA) is 21.3 Å². The highest BCUT2D eigenvalue weighted by atomic mass is 32.1. The highest BCUT2D eigenvalue weighted by Crippen LogP contribution is 2.47. The van der Waals surface area contributed by atoms with Gasteiger partial charge in [0, 0.05) is 64.3 Å². The average Bonchev–Trinajstić information content (AvgIpc) is 4.01. The number of fused-ring (bicyclic) bond motifs is 10. The van der Waals surface area contributed by atoms with Gasteiger partial charge in [0.05, 0.1) is 16.7 Å². The molecule has 13 rings (SSSR count). The van der Waals surface area contributed by atoms with E-state index in [-0.39, 0.29) is 0 Å². The molecule has 0 saturated heterocycles. The molecule has 3 nitrogen and oxygen atoms in total. The molecule has 0 spiro atoms. The second-order valence-electron chi connectivity index (χ2n) is 16.0. The third kappa shape index (κ3) is 5.37. The van der Waals surface area contributed by atoms with Gasteiger partial charge < -0.3 is 13.9 Å². The van der Waals surface area contributed by atoms with E-state index in [4.69, 9.17) is 4.42 Å². The number of thiophene rings is 1. The maximum Gasteiger partial charge on any atom is 0.136 e. The number of furan rings is 1. The summed E-state index contributed by atoms with van der Waals surface area (Å²) in [5.74, 6) is 0. The molecule has 62 heavy (non-hydrogen) atoms. The lowest BCUT2D eigenvalue weighted by Crippen LogP contribution is -2.12. The molecule has 0 amide bonds. The van der Waals surface area contributed by atoms with Gasteiger partial charge in [-0.1, -0.05) is 146 Å². The Morgan fingerprint density at radius 1 is 0.403 bits per heavy atom.